The predicted octanol–water partition coefficient (Wildman–Crippen LogP) is 2.70. The molecule has 1 aromatic rings. The SMILES string of the molecule is O=C(O)c1csc(C=CCCl)c1. The molecule has 0 atom stereocenters. The van der Waals surface area contributed by atoms with Crippen LogP contribution in [0.2, 0.25) is 0 Å². The van der Waals surface area contributed by atoms with E-state index >= 15 is 0 Å². The lowest BCUT2D eigenvalue weighted by Gasteiger charge is -1.82. The fourth-order valence-corrected chi connectivity index (χ4v) is 1.60. The van der Waals surface area contributed by atoms with Crippen LogP contribution in [-0.2, 0) is 0 Å². The van der Waals surface area contributed by atoms with Gasteiger partial charge in [-0.3, -0.25) is 0 Å². The Balaban J connectivity index is 2.77. The fraction of sp³-hybridized carbons (Fsp3) is 0.125. The Bertz CT molecular complexity index is 304. The Hall–Kier alpha value is -0.800. The summed E-state index contributed by atoms with van der Waals surface area (Å²) in [7, 11) is 0. The molecule has 2 nitrogen and oxygen atoms in total. The first-order valence-corrected chi connectivity index (χ1v) is 4.70. The molecule has 0 fully saturated rings. The third kappa shape index (κ3) is 2.36. The Morgan fingerprint density at radius 1 is 1.75 bits per heavy atom. The molecule has 0 unspecified atom stereocenters. The van der Waals surface area contributed by atoms with Gasteiger partial charge in [0.25, 0.3) is 0 Å². The molecule has 64 valence electrons. The van der Waals surface area contributed by atoms with Crippen LogP contribution < -0.4 is 0 Å². The summed E-state index contributed by atoms with van der Waals surface area (Å²) in [5, 5.41) is 10.2. The third-order valence-corrected chi connectivity index (χ3v) is 2.31. The van der Waals surface area contributed by atoms with E-state index in [1.165, 1.54) is 11.3 Å². The second kappa shape index (κ2) is 4.28. The van der Waals surface area contributed by atoms with Crippen molar-refractivity contribution in [2.24, 2.45) is 0 Å². The minimum absolute atomic E-state index is 0.328. The summed E-state index contributed by atoms with van der Waals surface area (Å²) in [5.74, 6) is -0.447. The number of halogens is 1. The maximum absolute atomic E-state index is 10.4. The number of alkyl halides is 1. The monoisotopic (exact) mass is 202 g/mol. The molecule has 0 aliphatic rings. The molecule has 1 N–H and O–H groups in total. The average Bonchev–Trinajstić information content (AvgIpc) is 2.48. The normalized spacial score (nSPS) is 10.8. The van der Waals surface area contributed by atoms with Crippen molar-refractivity contribution in [1.29, 1.82) is 0 Å². The Morgan fingerprint density at radius 3 is 3.00 bits per heavy atom. The quantitative estimate of drug-likeness (QED) is 0.766. The number of hydrogen-bond donors (Lipinski definition) is 1. The zero-order valence-electron chi connectivity index (χ0n) is 6.16. The maximum atomic E-state index is 10.4. The molecule has 0 bridgehead atoms. The van der Waals surface area contributed by atoms with Gasteiger partial charge in [0.05, 0.1) is 5.56 Å². The summed E-state index contributed by atoms with van der Waals surface area (Å²) in [6.45, 7) is 0. The van der Waals surface area contributed by atoms with Gasteiger partial charge in [-0.15, -0.1) is 22.9 Å². The molecule has 4 heteroatoms. The molecular weight excluding hydrogens is 196 g/mol. The van der Waals surface area contributed by atoms with Crippen molar-refractivity contribution in [1.82, 2.24) is 0 Å². The summed E-state index contributed by atoms with van der Waals surface area (Å²) in [6.07, 6.45) is 3.59. The zero-order chi connectivity index (χ0) is 8.97. The van der Waals surface area contributed by atoms with Gasteiger partial charge in [0.1, 0.15) is 0 Å². The van der Waals surface area contributed by atoms with E-state index in [1.807, 2.05) is 6.08 Å². The molecule has 0 aliphatic carbocycles. The minimum Gasteiger partial charge on any atom is -0.478 e. The van der Waals surface area contributed by atoms with Crippen molar-refractivity contribution < 1.29 is 9.90 Å². The number of carbonyl (C=O) groups is 1. The van der Waals surface area contributed by atoms with E-state index in [1.54, 1.807) is 17.5 Å². The predicted molar refractivity (Wildman–Crippen MR) is 51.0 cm³/mol. The van der Waals surface area contributed by atoms with Gasteiger partial charge in [0.2, 0.25) is 0 Å². The third-order valence-electron chi connectivity index (χ3n) is 1.24. The highest BCUT2D eigenvalue weighted by Crippen LogP contribution is 2.16. The van der Waals surface area contributed by atoms with E-state index < -0.39 is 5.97 Å². The summed E-state index contributed by atoms with van der Waals surface area (Å²) >= 11 is 6.81. The molecule has 0 radical (unpaired) electrons. The number of carboxylic acids is 1. The summed E-state index contributed by atoms with van der Waals surface area (Å²) < 4.78 is 0. The molecule has 0 aliphatic heterocycles. The lowest BCUT2D eigenvalue weighted by atomic mass is 10.3. The number of hydrogen-bond acceptors (Lipinski definition) is 2. The summed E-state index contributed by atoms with van der Waals surface area (Å²) in [4.78, 5) is 11.4. The minimum atomic E-state index is -0.892. The van der Waals surface area contributed by atoms with E-state index in [0.29, 0.717) is 11.4 Å². The van der Waals surface area contributed by atoms with Crippen molar-refractivity contribution in [3.63, 3.8) is 0 Å². The lowest BCUT2D eigenvalue weighted by Crippen LogP contribution is -1.91. The standard InChI is InChI=1S/C8H7ClO2S/c9-3-1-2-7-4-6(5-12-7)8(10)11/h1-2,4-5H,3H2,(H,10,11). The van der Waals surface area contributed by atoms with E-state index in [9.17, 15) is 4.79 Å². The fourth-order valence-electron chi connectivity index (χ4n) is 0.713. The number of allylic oxidation sites excluding steroid dienone is 1. The van der Waals surface area contributed by atoms with E-state index in [4.69, 9.17) is 16.7 Å². The van der Waals surface area contributed by atoms with Crippen LogP contribution >= 0.6 is 22.9 Å². The highest BCUT2D eigenvalue weighted by atomic mass is 35.5. The highest BCUT2D eigenvalue weighted by Gasteiger charge is 2.03. The Kier molecular flexibility index (Phi) is 3.31. The topological polar surface area (TPSA) is 37.3 Å². The van der Waals surface area contributed by atoms with Gasteiger partial charge in [-0.2, -0.15) is 0 Å². The highest BCUT2D eigenvalue weighted by molar-refractivity contribution is 7.11. The molecule has 1 aromatic heterocycles. The van der Waals surface area contributed by atoms with Crippen LogP contribution in [0.3, 0.4) is 0 Å². The van der Waals surface area contributed by atoms with Gasteiger partial charge >= 0.3 is 5.97 Å². The number of carboxylic acid groups (broad SMARTS) is 1. The Morgan fingerprint density at radius 2 is 2.50 bits per heavy atom. The number of aromatic carboxylic acids is 1. The van der Waals surface area contributed by atoms with Crippen LogP contribution in [0.5, 0.6) is 0 Å². The van der Waals surface area contributed by atoms with Gasteiger partial charge in [0.15, 0.2) is 0 Å². The van der Waals surface area contributed by atoms with Crippen LogP contribution in [0.4, 0.5) is 0 Å². The molecule has 0 saturated heterocycles. The first-order chi connectivity index (χ1) is 5.74. The molecule has 0 aromatic carbocycles. The smallest absolute Gasteiger partial charge is 0.336 e. The van der Waals surface area contributed by atoms with Gasteiger partial charge in [0, 0.05) is 16.1 Å². The van der Waals surface area contributed by atoms with Crippen molar-refractivity contribution >= 4 is 35.0 Å². The van der Waals surface area contributed by atoms with Gasteiger partial charge in [-0.25, -0.2) is 4.79 Å². The molecular formula is C8H7ClO2S. The molecule has 12 heavy (non-hydrogen) atoms. The number of thiophene rings is 1. The largest absolute Gasteiger partial charge is 0.478 e. The molecule has 1 rings (SSSR count). The first-order valence-electron chi connectivity index (χ1n) is 3.28. The molecule has 0 saturated carbocycles. The van der Waals surface area contributed by atoms with Gasteiger partial charge < -0.3 is 5.11 Å². The van der Waals surface area contributed by atoms with Crippen molar-refractivity contribution in [3.8, 4) is 0 Å². The van der Waals surface area contributed by atoms with Crippen LogP contribution in [0.15, 0.2) is 17.5 Å². The summed E-state index contributed by atoms with van der Waals surface area (Å²) in [5.41, 5.74) is 0.328. The van der Waals surface area contributed by atoms with Gasteiger partial charge in [-0.05, 0) is 12.1 Å². The van der Waals surface area contributed by atoms with Crippen molar-refractivity contribution in [2.45, 2.75) is 0 Å². The second-order valence-corrected chi connectivity index (χ2v) is 3.35. The van der Waals surface area contributed by atoms with Crippen molar-refractivity contribution in [2.75, 3.05) is 5.88 Å². The molecule has 0 amide bonds. The van der Waals surface area contributed by atoms with E-state index in [0.717, 1.165) is 4.88 Å². The molecule has 1 heterocycles. The molecule has 0 spiro atoms. The first kappa shape index (κ1) is 9.29. The van der Waals surface area contributed by atoms with Crippen LogP contribution in [0.1, 0.15) is 15.2 Å². The van der Waals surface area contributed by atoms with Crippen LogP contribution in [0, 0.1) is 0 Å². The van der Waals surface area contributed by atoms with E-state index in [-0.39, 0.29) is 0 Å². The Labute approximate surface area is 79.1 Å². The van der Waals surface area contributed by atoms with Crippen molar-refractivity contribution in [3.05, 3.63) is 28.0 Å². The summed E-state index contributed by atoms with van der Waals surface area (Å²) in [6, 6.07) is 1.62. The number of rotatable bonds is 3. The second-order valence-electron chi connectivity index (χ2n) is 2.10. The van der Waals surface area contributed by atoms with Crippen LogP contribution in [-0.4, -0.2) is 17.0 Å². The lowest BCUT2D eigenvalue weighted by molar-refractivity contribution is 0.0697. The average molecular weight is 203 g/mol. The van der Waals surface area contributed by atoms with Gasteiger partial charge in [-0.1, -0.05) is 6.08 Å². The van der Waals surface area contributed by atoms with E-state index in [2.05, 4.69) is 0 Å². The maximum Gasteiger partial charge on any atom is 0.336 e. The zero-order valence-corrected chi connectivity index (χ0v) is 7.73. The van der Waals surface area contributed by atoms with Crippen LogP contribution in [0.25, 0.3) is 6.08 Å².